The van der Waals surface area contributed by atoms with Crippen LogP contribution < -0.4 is 10.9 Å². The molecular formula is C16H16ClN3O2. The summed E-state index contributed by atoms with van der Waals surface area (Å²) in [5, 5.41) is 7.67. The van der Waals surface area contributed by atoms with Crippen molar-refractivity contribution >= 4 is 23.2 Å². The molecule has 3 rings (SSSR count). The van der Waals surface area contributed by atoms with E-state index in [1.54, 1.807) is 24.3 Å². The van der Waals surface area contributed by atoms with Crippen LogP contribution in [0.5, 0.6) is 0 Å². The Kier molecular flexibility index (Phi) is 3.98. The van der Waals surface area contributed by atoms with Gasteiger partial charge in [-0.25, -0.2) is 4.68 Å². The van der Waals surface area contributed by atoms with Crippen molar-refractivity contribution in [1.82, 2.24) is 9.78 Å². The summed E-state index contributed by atoms with van der Waals surface area (Å²) in [4.78, 5) is 23.9. The SMILES string of the molecule is Cc1cc(Cl)ccc1NC(=O)Cn1nc(C2CC2)ccc1=O. The Labute approximate surface area is 132 Å². The third-order valence-corrected chi connectivity index (χ3v) is 3.87. The molecule has 1 saturated carbocycles. The lowest BCUT2D eigenvalue weighted by molar-refractivity contribution is -0.117. The van der Waals surface area contributed by atoms with Gasteiger partial charge in [-0.3, -0.25) is 9.59 Å². The van der Waals surface area contributed by atoms with E-state index in [-0.39, 0.29) is 18.0 Å². The van der Waals surface area contributed by atoms with Crippen LogP contribution in [-0.2, 0) is 11.3 Å². The zero-order valence-corrected chi connectivity index (χ0v) is 12.9. The Morgan fingerprint density at radius 3 is 2.82 bits per heavy atom. The quantitative estimate of drug-likeness (QED) is 0.943. The summed E-state index contributed by atoms with van der Waals surface area (Å²) in [6, 6.07) is 8.45. The highest BCUT2D eigenvalue weighted by molar-refractivity contribution is 6.30. The van der Waals surface area contributed by atoms with Crippen molar-refractivity contribution < 1.29 is 4.79 Å². The number of halogens is 1. The number of hydrogen-bond donors (Lipinski definition) is 1. The van der Waals surface area contributed by atoms with Crippen LogP contribution in [0, 0.1) is 6.92 Å². The van der Waals surface area contributed by atoms with Gasteiger partial charge in [-0.05, 0) is 49.6 Å². The normalized spacial score (nSPS) is 13.9. The van der Waals surface area contributed by atoms with Crippen LogP contribution in [0.25, 0.3) is 0 Å². The number of aromatic nitrogens is 2. The summed E-state index contributed by atoms with van der Waals surface area (Å²) < 4.78 is 1.22. The molecular weight excluding hydrogens is 302 g/mol. The van der Waals surface area contributed by atoms with Crippen LogP contribution in [0.4, 0.5) is 5.69 Å². The van der Waals surface area contributed by atoms with Gasteiger partial charge in [0.15, 0.2) is 0 Å². The number of aryl methyl sites for hydroxylation is 1. The average Bonchev–Trinajstić information content (AvgIpc) is 3.29. The third-order valence-electron chi connectivity index (χ3n) is 3.64. The van der Waals surface area contributed by atoms with Crippen molar-refractivity contribution in [1.29, 1.82) is 0 Å². The molecule has 22 heavy (non-hydrogen) atoms. The fourth-order valence-electron chi connectivity index (χ4n) is 2.27. The maximum absolute atomic E-state index is 12.1. The maximum Gasteiger partial charge on any atom is 0.267 e. The minimum atomic E-state index is -0.284. The minimum absolute atomic E-state index is 0.0958. The number of amides is 1. The van der Waals surface area contributed by atoms with Crippen LogP contribution in [0.15, 0.2) is 35.1 Å². The second-order valence-corrected chi connectivity index (χ2v) is 5.97. The van der Waals surface area contributed by atoms with E-state index in [0.29, 0.717) is 16.6 Å². The highest BCUT2D eigenvalue weighted by Gasteiger charge is 2.25. The highest BCUT2D eigenvalue weighted by atomic mass is 35.5. The highest BCUT2D eigenvalue weighted by Crippen LogP contribution is 2.38. The molecule has 0 atom stereocenters. The van der Waals surface area contributed by atoms with E-state index in [2.05, 4.69) is 10.4 Å². The lowest BCUT2D eigenvalue weighted by atomic mass is 10.2. The molecule has 0 spiro atoms. The van der Waals surface area contributed by atoms with Crippen molar-refractivity contribution in [2.45, 2.75) is 32.2 Å². The minimum Gasteiger partial charge on any atom is -0.324 e. The molecule has 1 fully saturated rings. The van der Waals surface area contributed by atoms with E-state index in [0.717, 1.165) is 24.1 Å². The van der Waals surface area contributed by atoms with Crippen molar-refractivity contribution in [2.24, 2.45) is 0 Å². The number of rotatable bonds is 4. The molecule has 2 aromatic rings. The van der Waals surface area contributed by atoms with E-state index >= 15 is 0 Å². The fourth-order valence-corrected chi connectivity index (χ4v) is 2.49. The van der Waals surface area contributed by atoms with Gasteiger partial charge in [-0.15, -0.1) is 0 Å². The molecule has 0 aliphatic heterocycles. The largest absolute Gasteiger partial charge is 0.324 e. The van der Waals surface area contributed by atoms with Crippen molar-refractivity contribution in [3.63, 3.8) is 0 Å². The Bertz CT molecular complexity index is 781. The molecule has 1 aromatic carbocycles. The van der Waals surface area contributed by atoms with Gasteiger partial charge in [0.1, 0.15) is 6.54 Å². The predicted molar refractivity (Wildman–Crippen MR) is 85.3 cm³/mol. The number of carbonyl (C=O) groups is 1. The van der Waals surface area contributed by atoms with Crippen molar-refractivity contribution in [3.8, 4) is 0 Å². The van der Waals surface area contributed by atoms with E-state index in [9.17, 15) is 9.59 Å². The number of nitrogens with zero attached hydrogens (tertiary/aromatic N) is 2. The van der Waals surface area contributed by atoms with Gasteiger partial charge in [0, 0.05) is 22.7 Å². The van der Waals surface area contributed by atoms with Crippen molar-refractivity contribution in [2.75, 3.05) is 5.32 Å². The summed E-state index contributed by atoms with van der Waals surface area (Å²) in [5.74, 6) is 0.154. The van der Waals surface area contributed by atoms with Crippen LogP contribution in [0.2, 0.25) is 5.02 Å². The molecule has 0 unspecified atom stereocenters. The van der Waals surface area contributed by atoms with E-state index in [4.69, 9.17) is 11.6 Å². The van der Waals surface area contributed by atoms with Gasteiger partial charge >= 0.3 is 0 Å². The molecule has 1 N–H and O–H groups in total. The number of anilines is 1. The second kappa shape index (κ2) is 5.93. The first-order chi connectivity index (χ1) is 10.5. The summed E-state index contributed by atoms with van der Waals surface area (Å²) in [5.41, 5.74) is 2.16. The second-order valence-electron chi connectivity index (χ2n) is 5.54. The van der Waals surface area contributed by atoms with Crippen LogP contribution in [0.1, 0.15) is 30.0 Å². The van der Waals surface area contributed by atoms with E-state index in [1.165, 1.54) is 10.7 Å². The Morgan fingerprint density at radius 1 is 1.36 bits per heavy atom. The molecule has 0 bridgehead atoms. The number of nitrogens with one attached hydrogen (secondary N) is 1. The molecule has 1 aliphatic rings. The predicted octanol–water partition coefficient (Wildman–Crippen LogP) is 2.72. The fraction of sp³-hybridized carbons (Fsp3) is 0.312. The van der Waals surface area contributed by atoms with Crippen LogP contribution in [0.3, 0.4) is 0 Å². The molecule has 5 nitrogen and oxygen atoms in total. The first kappa shape index (κ1) is 14.8. The van der Waals surface area contributed by atoms with Crippen LogP contribution in [-0.4, -0.2) is 15.7 Å². The van der Waals surface area contributed by atoms with Gasteiger partial charge in [-0.2, -0.15) is 5.10 Å². The molecule has 1 heterocycles. The summed E-state index contributed by atoms with van der Waals surface area (Å²) in [6.45, 7) is 1.76. The Hall–Kier alpha value is -2.14. The zero-order chi connectivity index (χ0) is 15.7. The molecule has 1 amide bonds. The topological polar surface area (TPSA) is 64.0 Å². The van der Waals surface area contributed by atoms with Gasteiger partial charge in [0.25, 0.3) is 5.56 Å². The molecule has 1 aliphatic carbocycles. The summed E-state index contributed by atoms with van der Waals surface area (Å²) >= 11 is 5.89. The van der Waals surface area contributed by atoms with Gasteiger partial charge in [-0.1, -0.05) is 11.6 Å². The number of carbonyl (C=O) groups excluding carboxylic acids is 1. The monoisotopic (exact) mass is 317 g/mol. The lowest BCUT2D eigenvalue weighted by Gasteiger charge is -2.10. The molecule has 114 valence electrons. The average molecular weight is 318 g/mol. The van der Waals surface area contributed by atoms with Gasteiger partial charge in [0.2, 0.25) is 5.91 Å². The first-order valence-corrected chi connectivity index (χ1v) is 7.55. The van der Waals surface area contributed by atoms with E-state index in [1.807, 2.05) is 6.92 Å². The first-order valence-electron chi connectivity index (χ1n) is 7.17. The Morgan fingerprint density at radius 2 is 2.14 bits per heavy atom. The number of benzene rings is 1. The van der Waals surface area contributed by atoms with Crippen LogP contribution >= 0.6 is 11.6 Å². The zero-order valence-electron chi connectivity index (χ0n) is 12.2. The maximum atomic E-state index is 12.1. The third kappa shape index (κ3) is 3.36. The molecule has 0 radical (unpaired) electrons. The Balaban J connectivity index is 1.74. The molecule has 6 heteroatoms. The van der Waals surface area contributed by atoms with Crippen molar-refractivity contribution in [3.05, 3.63) is 57.0 Å². The standard InChI is InChI=1S/C16H16ClN3O2/c1-10-8-12(17)4-5-13(10)18-15(21)9-20-16(22)7-6-14(19-20)11-2-3-11/h4-8,11H,2-3,9H2,1H3,(H,18,21). The van der Waals surface area contributed by atoms with Gasteiger partial charge in [0.05, 0.1) is 5.69 Å². The molecule has 1 aromatic heterocycles. The number of hydrogen-bond acceptors (Lipinski definition) is 3. The van der Waals surface area contributed by atoms with Gasteiger partial charge < -0.3 is 5.32 Å². The smallest absolute Gasteiger partial charge is 0.267 e. The molecule has 0 saturated heterocycles. The lowest BCUT2D eigenvalue weighted by Crippen LogP contribution is -2.29. The summed E-state index contributed by atoms with van der Waals surface area (Å²) in [6.07, 6.45) is 2.20. The van der Waals surface area contributed by atoms with E-state index < -0.39 is 0 Å². The summed E-state index contributed by atoms with van der Waals surface area (Å²) in [7, 11) is 0.